The lowest BCUT2D eigenvalue weighted by Crippen LogP contribution is -2.13. The van der Waals surface area contributed by atoms with Crippen molar-refractivity contribution in [1.29, 1.82) is 0 Å². The standard InChI is InChI=1S/C32H23N3O2S2/c36-30(35-32-34-29(19-39-32)25-11-9-21-5-1-3-7-23(21)17-25)20-38-28-15-13-27(14-16-28)33-31(37)26-12-10-22-6-2-4-8-24(22)18-26/h1-19H,20H2,(H,33,37)(H,34,35,36). The lowest BCUT2D eigenvalue weighted by Gasteiger charge is -2.08. The van der Waals surface area contributed by atoms with Gasteiger partial charge in [-0.15, -0.1) is 23.1 Å². The Hall–Kier alpha value is -4.46. The highest BCUT2D eigenvalue weighted by molar-refractivity contribution is 8.00. The van der Waals surface area contributed by atoms with E-state index in [1.54, 1.807) is 0 Å². The van der Waals surface area contributed by atoms with Crippen LogP contribution in [0.2, 0.25) is 0 Å². The van der Waals surface area contributed by atoms with Gasteiger partial charge in [0.1, 0.15) is 0 Å². The smallest absolute Gasteiger partial charge is 0.255 e. The predicted octanol–water partition coefficient (Wildman–Crippen LogP) is 8.10. The Morgan fingerprint density at radius 3 is 2.13 bits per heavy atom. The Morgan fingerprint density at radius 2 is 1.38 bits per heavy atom. The van der Waals surface area contributed by atoms with Crippen LogP contribution in [0.4, 0.5) is 10.8 Å². The fourth-order valence-corrected chi connectivity index (χ4v) is 5.72. The first kappa shape index (κ1) is 24.9. The zero-order valence-corrected chi connectivity index (χ0v) is 22.4. The van der Waals surface area contributed by atoms with E-state index < -0.39 is 0 Å². The average Bonchev–Trinajstić information content (AvgIpc) is 3.44. The maximum Gasteiger partial charge on any atom is 0.255 e. The van der Waals surface area contributed by atoms with Crippen LogP contribution < -0.4 is 10.6 Å². The molecule has 0 aliphatic rings. The molecule has 0 aliphatic carbocycles. The van der Waals surface area contributed by atoms with Crippen molar-refractivity contribution in [3.63, 3.8) is 0 Å². The van der Waals surface area contributed by atoms with E-state index in [1.807, 2.05) is 90.3 Å². The molecule has 5 aromatic carbocycles. The molecule has 190 valence electrons. The fourth-order valence-electron chi connectivity index (χ4n) is 4.28. The van der Waals surface area contributed by atoms with E-state index in [4.69, 9.17) is 0 Å². The molecule has 2 N–H and O–H groups in total. The van der Waals surface area contributed by atoms with Gasteiger partial charge < -0.3 is 10.6 Å². The molecule has 0 unspecified atom stereocenters. The number of benzene rings is 5. The van der Waals surface area contributed by atoms with Gasteiger partial charge in [0.2, 0.25) is 5.91 Å². The van der Waals surface area contributed by atoms with Crippen molar-refractivity contribution in [2.45, 2.75) is 4.90 Å². The number of hydrogen-bond acceptors (Lipinski definition) is 5. The first-order chi connectivity index (χ1) is 19.1. The van der Waals surface area contributed by atoms with Gasteiger partial charge >= 0.3 is 0 Å². The largest absolute Gasteiger partial charge is 0.322 e. The van der Waals surface area contributed by atoms with E-state index in [1.165, 1.54) is 28.5 Å². The molecule has 6 aromatic rings. The number of fused-ring (bicyclic) bond motifs is 2. The van der Waals surface area contributed by atoms with E-state index in [-0.39, 0.29) is 17.6 Å². The molecule has 1 heterocycles. The van der Waals surface area contributed by atoms with E-state index in [9.17, 15) is 9.59 Å². The molecule has 2 amide bonds. The summed E-state index contributed by atoms with van der Waals surface area (Å²) in [5.74, 6) is -0.0200. The molecule has 0 saturated carbocycles. The van der Waals surface area contributed by atoms with Gasteiger partial charge in [-0.2, -0.15) is 0 Å². The zero-order valence-electron chi connectivity index (χ0n) is 20.8. The van der Waals surface area contributed by atoms with Crippen LogP contribution in [-0.2, 0) is 4.79 Å². The SMILES string of the molecule is O=C(CSc1ccc(NC(=O)c2ccc3ccccc3c2)cc1)Nc1nc(-c2ccc3ccccc3c2)cs1. The Morgan fingerprint density at radius 1 is 0.718 bits per heavy atom. The highest BCUT2D eigenvalue weighted by atomic mass is 32.2. The highest BCUT2D eigenvalue weighted by Crippen LogP contribution is 2.28. The lowest BCUT2D eigenvalue weighted by molar-refractivity contribution is -0.113. The summed E-state index contributed by atoms with van der Waals surface area (Å²) < 4.78 is 0. The van der Waals surface area contributed by atoms with E-state index in [0.29, 0.717) is 16.4 Å². The molecule has 6 rings (SSSR count). The van der Waals surface area contributed by atoms with Crippen molar-refractivity contribution < 1.29 is 9.59 Å². The fraction of sp³-hybridized carbons (Fsp3) is 0.0312. The van der Waals surface area contributed by atoms with Gasteiger partial charge in [0.05, 0.1) is 11.4 Å². The molecular formula is C32H23N3O2S2. The van der Waals surface area contributed by atoms with Crippen LogP contribution in [0, 0.1) is 0 Å². The molecule has 0 bridgehead atoms. The van der Waals surface area contributed by atoms with Crippen molar-refractivity contribution in [2.24, 2.45) is 0 Å². The number of nitrogens with one attached hydrogen (secondary N) is 2. The molecule has 0 fully saturated rings. The number of thiazole rings is 1. The van der Waals surface area contributed by atoms with Crippen molar-refractivity contribution in [1.82, 2.24) is 4.98 Å². The molecule has 0 spiro atoms. The minimum Gasteiger partial charge on any atom is -0.322 e. The third kappa shape index (κ3) is 5.85. The monoisotopic (exact) mass is 545 g/mol. The summed E-state index contributed by atoms with van der Waals surface area (Å²) in [6.45, 7) is 0. The summed E-state index contributed by atoms with van der Waals surface area (Å²) in [6.07, 6.45) is 0. The summed E-state index contributed by atoms with van der Waals surface area (Å²) in [4.78, 5) is 30.8. The average molecular weight is 546 g/mol. The Labute approximate surface area is 233 Å². The molecule has 0 aliphatic heterocycles. The van der Waals surface area contributed by atoms with Crippen LogP contribution in [0.25, 0.3) is 32.8 Å². The summed E-state index contributed by atoms with van der Waals surface area (Å²) in [7, 11) is 0. The van der Waals surface area contributed by atoms with E-state index in [2.05, 4.69) is 39.9 Å². The van der Waals surface area contributed by atoms with Gasteiger partial charge in [-0.05, 0) is 64.0 Å². The van der Waals surface area contributed by atoms with Crippen LogP contribution >= 0.6 is 23.1 Å². The van der Waals surface area contributed by atoms with Crippen LogP contribution in [0.15, 0.2) is 119 Å². The Bertz CT molecular complexity index is 1810. The van der Waals surface area contributed by atoms with Crippen LogP contribution in [0.1, 0.15) is 10.4 Å². The molecule has 7 heteroatoms. The summed E-state index contributed by atoms with van der Waals surface area (Å²) in [6, 6.07) is 35.5. The summed E-state index contributed by atoms with van der Waals surface area (Å²) >= 11 is 2.84. The number of aromatic nitrogens is 1. The number of carbonyl (C=O) groups is 2. The third-order valence-electron chi connectivity index (χ3n) is 6.29. The van der Waals surface area contributed by atoms with Crippen molar-refractivity contribution in [3.8, 4) is 11.3 Å². The molecule has 1 aromatic heterocycles. The second-order valence-electron chi connectivity index (χ2n) is 8.98. The van der Waals surface area contributed by atoms with E-state index in [0.717, 1.165) is 32.3 Å². The van der Waals surface area contributed by atoms with Crippen molar-refractivity contribution in [3.05, 3.63) is 120 Å². The number of nitrogens with zero attached hydrogens (tertiary/aromatic N) is 1. The van der Waals surface area contributed by atoms with Gasteiger partial charge in [-0.25, -0.2) is 4.98 Å². The number of anilines is 2. The number of hydrogen-bond donors (Lipinski definition) is 2. The molecule has 0 radical (unpaired) electrons. The Balaban J connectivity index is 1.02. The normalized spacial score (nSPS) is 11.0. The van der Waals surface area contributed by atoms with Gasteiger partial charge in [0, 0.05) is 27.1 Å². The lowest BCUT2D eigenvalue weighted by atomic mass is 10.1. The maximum absolute atomic E-state index is 12.7. The zero-order chi connectivity index (χ0) is 26.6. The third-order valence-corrected chi connectivity index (χ3v) is 8.06. The molecule has 0 saturated heterocycles. The summed E-state index contributed by atoms with van der Waals surface area (Å²) in [5.41, 5.74) is 3.17. The predicted molar refractivity (Wildman–Crippen MR) is 163 cm³/mol. The number of rotatable bonds is 7. The minimum atomic E-state index is -0.160. The van der Waals surface area contributed by atoms with Crippen LogP contribution in [-0.4, -0.2) is 22.6 Å². The minimum absolute atomic E-state index is 0.118. The first-order valence-electron chi connectivity index (χ1n) is 12.4. The quantitative estimate of drug-likeness (QED) is 0.199. The molecule has 5 nitrogen and oxygen atoms in total. The second kappa shape index (κ2) is 11.1. The first-order valence-corrected chi connectivity index (χ1v) is 14.2. The second-order valence-corrected chi connectivity index (χ2v) is 10.9. The maximum atomic E-state index is 12.7. The van der Waals surface area contributed by atoms with Crippen molar-refractivity contribution in [2.75, 3.05) is 16.4 Å². The van der Waals surface area contributed by atoms with Crippen LogP contribution in [0.5, 0.6) is 0 Å². The summed E-state index contributed by atoms with van der Waals surface area (Å²) in [5, 5.41) is 12.8. The van der Waals surface area contributed by atoms with Gasteiger partial charge in [-0.3, -0.25) is 9.59 Å². The molecular weight excluding hydrogens is 523 g/mol. The van der Waals surface area contributed by atoms with Crippen LogP contribution in [0.3, 0.4) is 0 Å². The Kier molecular flexibility index (Phi) is 7.08. The van der Waals surface area contributed by atoms with Crippen molar-refractivity contribution >= 4 is 67.3 Å². The number of carbonyl (C=O) groups excluding carboxylic acids is 2. The molecule has 39 heavy (non-hydrogen) atoms. The van der Waals surface area contributed by atoms with Gasteiger partial charge in [-0.1, -0.05) is 66.7 Å². The van der Waals surface area contributed by atoms with Gasteiger partial charge in [0.15, 0.2) is 5.13 Å². The number of amides is 2. The topological polar surface area (TPSA) is 71.1 Å². The van der Waals surface area contributed by atoms with Gasteiger partial charge in [0.25, 0.3) is 5.91 Å². The van der Waals surface area contributed by atoms with E-state index >= 15 is 0 Å². The number of thioether (sulfide) groups is 1. The molecule has 0 atom stereocenters. The highest BCUT2D eigenvalue weighted by Gasteiger charge is 2.11.